The molecule has 0 saturated carbocycles. The van der Waals surface area contributed by atoms with Crippen molar-refractivity contribution >= 4 is 11.7 Å². The minimum Gasteiger partial charge on any atom is -0.462 e. The first-order valence-electron chi connectivity index (χ1n) is 6.29. The third-order valence-corrected chi connectivity index (χ3v) is 2.45. The number of nitrogens with zero attached hydrogens (tertiary/aromatic N) is 1. The minimum atomic E-state index is -0.253. The zero-order valence-electron chi connectivity index (χ0n) is 11.4. The maximum atomic E-state index is 11.6. The van der Waals surface area contributed by atoms with Crippen LogP contribution in [0.1, 0.15) is 23.7 Å². The normalized spacial score (nSPS) is 10.4. The van der Waals surface area contributed by atoms with E-state index in [2.05, 4.69) is 10.2 Å². The number of carbonyl (C=O) groups is 1. The molecule has 0 atom stereocenters. The van der Waals surface area contributed by atoms with Gasteiger partial charge in [0.2, 0.25) is 0 Å². The Morgan fingerprint density at radius 3 is 2.50 bits per heavy atom. The van der Waals surface area contributed by atoms with Crippen LogP contribution in [0, 0.1) is 0 Å². The number of hydrogen-bond acceptors (Lipinski definition) is 4. The lowest BCUT2D eigenvalue weighted by atomic mass is 10.2. The summed E-state index contributed by atoms with van der Waals surface area (Å²) >= 11 is 0. The first-order valence-corrected chi connectivity index (χ1v) is 6.29. The van der Waals surface area contributed by atoms with Crippen molar-refractivity contribution in [2.45, 2.75) is 13.3 Å². The van der Waals surface area contributed by atoms with Crippen molar-refractivity contribution in [3.8, 4) is 0 Å². The first kappa shape index (κ1) is 14.5. The first-order chi connectivity index (χ1) is 8.63. The van der Waals surface area contributed by atoms with Crippen molar-refractivity contribution in [3.05, 3.63) is 29.8 Å². The zero-order chi connectivity index (χ0) is 13.4. The van der Waals surface area contributed by atoms with Gasteiger partial charge in [-0.2, -0.15) is 0 Å². The summed E-state index contributed by atoms with van der Waals surface area (Å²) in [6.45, 7) is 4.31. The third-order valence-electron chi connectivity index (χ3n) is 2.45. The topological polar surface area (TPSA) is 41.6 Å². The highest BCUT2D eigenvalue weighted by atomic mass is 16.5. The Kier molecular flexibility index (Phi) is 6.22. The molecule has 4 heteroatoms. The van der Waals surface area contributed by atoms with E-state index in [0.29, 0.717) is 12.2 Å². The summed E-state index contributed by atoms with van der Waals surface area (Å²) in [6.07, 6.45) is 0.843. The van der Waals surface area contributed by atoms with Crippen LogP contribution in [0.5, 0.6) is 0 Å². The minimum absolute atomic E-state index is 0.253. The summed E-state index contributed by atoms with van der Waals surface area (Å²) in [4.78, 5) is 13.7. The van der Waals surface area contributed by atoms with E-state index in [0.717, 1.165) is 25.2 Å². The van der Waals surface area contributed by atoms with Gasteiger partial charge in [0.15, 0.2) is 0 Å². The summed E-state index contributed by atoms with van der Waals surface area (Å²) in [7, 11) is 4.07. The summed E-state index contributed by atoms with van der Waals surface area (Å²) in [5, 5.41) is 3.29. The van der Waals surface area contributed by atoms with Gasteiger partial charge in [0.05, 0.1) is 12.2 Å². The van der Waals surface area contributed by atoms with Crippen LogP contribution in [0.4, 0.5) is 5.69 Å². The Morgan fingerprint density at radius 2 is 1.94 bits per heavy atom. The lowest BCUT2D eigenvalue weighted by molar-refractivity contribution is 0.0505. The zero-order valence-corrected chi connectivity index (χ0v) is 11.4. The van der Waals surface area contributed by atoms with Crippen molar-refractivity contribution in [3.63, 3.8) is 0 Å². The molecule has 1 N–H and O–H groups in total. The van der Waals surface area contributed by atoms with Gasteiger partial charge in [0, 0.05) is 18.8 Å². The Hall–Kier alpha value is -1.55. The Morgan fingerprint density at radius 1 is 1.28 bits per heavy atom. The maximum absolute atomic E-state index is 11.6. The van der Waals surface area contributed by atoms with Crippen LogP contribution in [-0.2, 0) is 4.74 Å². The van der Waals surface area contributed by atoms with Crippen LogP contribution in [0.3, 0.4) is 0 Å². The van der Waals surface area contributed by atoms with Gasteiger partial charge in [-0.3, -0.25) is 0 Å². The average Bonchev–Trinajstić information content (AvgIpc) is 2.36. The van der Waals surface area contributed by atoms with E-state index in [4.69, 9.17) is 4.74 Å². The standard InChI is InChI=1S/C14H22N2O2/c1-4-11-18-14(17)12-5-7-13(8-6-12)15-9-10-16(2)3/h5-8,15H,4,9-11H2,1-3H3. The van der Waals surface area contributed by atoms with Gasteiger partial charge in [-0.15, -0.1) is 0 Å². The molecule has 0 heterocycles. The van der Waals surface area contributed by atoms with Crippen molar-refractivity contribution < 1.29 is 9.53 Å². The summed E-state index contributed by atoms with van der Waals surface area (Å²) in [5.41, 5.74) is 1.62. The van der Waals surface area contributed by atoms with Crippen LogP contribution in [-0.4, -0.2) is 44.7 Å². The maximum Gasteiger partial charge on any atom is 0.338 e. The van der Waals surface area contributed by atoms with Crippen LogP contribution < -0.4 is 5.32 Å². The van der Waals surface area contributed by atoms with E-state index in [1.165, 1.54) is 0 Å². The molecule has 0 aliphatic carbocycles. The quantitative estimate of drug-likeness (QED) is 0.753. The highest BCUT2D eigenvalue weighted by Gasteiger charge is 2.05. The predicted octanol–water partition coefficient (Wildman–Crippen LogP) is 2.23. The number of carbonyl (C=O) groups excluding carboxylic acids is 1. The number of hydrogen-bond donors (Lipinski definition) is 1. The fourth-order valence-corrected chi connectivity index (χ4v) is 1.43. The molecule has 0 spiro atoms. The van der Waals surface area contributed by atoms with Gasteiger partial charge in [0.25, 0.3) is 0 Å². The molecule has 1 aromatic rings. The van der Waals surface area contributed by atoms with Gasteiger partial charge < -0.3 is 15.0 Å². The number of benzene rings is 1. The van der Waals surface area contributed by atoms with Crippen molar-refractivity contribution in [1.29, 1.82) is 0 Å². The molecule has 1 rings (SSSR count). The molecule has 100 valence electrons. The fraction of sp³-hybridized carbons (Fsp3) is 0.500. The molecule has 0 radical (unpaired) electrons. The van der Waals surface area contributed by atoms with E-state index in [1.807, 2.05) is 33.2 Å². The van der Waals surface area contributed by atoms with Crippen LogP contribution in [0.25, 0.3) is 0 Å². The highest BCUT2D eigenvalue weighted by molar-refractivity contribution is 5.89. The molecule has 0 aromatic heterocycles. The van der Waals surface area contributed by atoms with E-state index >= 15 is 0 Å². The van der Waals surface area contributed by atoms with Crippen molar-refractivity contribution in [1.82, 2.24) is 4.90 Å². The molecule has 0 aliphatic rings. The second kappa shape index (κ2) is 7.71. The van der Waals surface area contributed by atoms with Crippen molar-refractivity contribution in [2.75, 3.05) is 39.1 Å². The molecule has 0 fully saturated rings. The molecular formula is C14H22N2O2. The van der Waals surface area contributed by atoms with Gasteiger partial charge in [-0.25, -0.2) is 4.79 Å². The SMILES string of the molecule is CCCOC(=O)c1ccc(NCCN(C)C)cc1. The number of nitrogens with one attached hydrogen (secondary N) is 1. The predicted molar refractivity (Wildman–Crippen MR) is 74.1 cm³/mol. The molecular weight excluding hydrogens is 228 g/mol. The van der Waals surface area contributed by atoms with Crippen molar-refractivity contribution in [2.24, 2.45) is 0 Å². The second-order valence-corrected chi connectivity index (χ2v) is 4.44. The lowest BCUT2D eigenvalue weighted by Crippen LogP contribution is -2.20. The van der Waals surface area contributed by atoms with E-state index in [1.54, 1.807) is 12.1 Å². The highest BCUT2D eigenvalue weighted by Crippen LogP contribution is 2.10. The van der Waals surface area contributed by atoms with E-state index in [-0.39, 0.29) is 5.97 Å². The van der Waals surface area contributed by atoms with Crippen LogP contribution >= 0.6 is 0 Å². The lowest BCUT2D eigenvalue weighted by Gasteiger charge is -2.11. The second-order valence-electron chi connectivity index (χ2n) is 4.44. The molecule has 0 aliphatic heterocycles. The monoisotopic (exact) mass is 250 g/mol. The molecule has 18 heavy (non-hydrogen) atoms. The molecule has 0 amide bonds. The third kappa shape index (κ3) is 5.19. The Balaban J connectivity index is 2.44. The van der Waals surface area contributed by atoms with E-state index < -0.39 is 0 Å². The fourth-order valence-electron chi connectivity index (χ4n) is 1.43. The van der Waals surface area contributed by atoms with Gasteiger partial charge in [0.1, 0.15) is 0 Å². The smallest absolute Gasteiger partial charge is 0.338 e. The molecule has 4 nitrogen and oxygen atoms in total. The number of esters is 1. The molecule has 0 unspecified atom stereocenters. The number of ether oxygens (including phenoxy) is 1. The van der Waals surface area contributed by atoms with Gasteiger partial charge in [-0.1, -0.05) is 6.92 Å². The summed E-state index contributed by atoms with van der Waals surface area (Å²) in [6, 6.07) is 7.38. The van der Waals surface area contributed by atoms with Gasteiger partial charge >= 0.3 is 5.97 Å². The largest absolute Gasteiger partial charge is 0.462 e. The number of anilines is 1. The van der Waals surface area contributed by atoms with Crippen LogP contribution in [0.2, 0.25) is 0 Å². The number of likely N-dealkylation sites (N-methyl/N-ethyl adjacent to an activating group) is 1. The Bertz CT molecular complexity index is 361. The summed E-state index contributed by atoms with van der Waals surface area (Å²) in [5.74, 6) is -0.253. The molecule has 0 saturated heterocycles. The van der Waals surface area contributed by atoms with E-state index in [9.17, 15) is 4.79 Å². The van der Waals surface area contributed by atoms with Gasteiger partial charge in [-0.05, 0) is 44.8 Å². The summed E-state index contributed by atoms with van der Waals surface area (Å²) < 4.78 is 5.06. The number of rotatable bonds is 7. The molecule has 0 bridgehead atoms. The Labute approximate surface area is 109 Å². The molecule has 1 aromatic carbocycles. The average molecular weight is 250 g/mol. The van der Waals surface area contributed by atoms with Crippen LogP contribution in [0.15, 0.2) is 24.3 Å².